The van der Waals surface area contributed by atoms with Gasteiger partial charge in [-0.15, -0.1) is 13.2 Å². The highest BCUT2D eigenvalue weighted by Gasteiger charge is 2.42. The Morgan fingerprint density at radius 3 is 2.16 bits per heavy atom. The van der Waals surface area contributed by atoms with Gasteiger partial charge in [-0.05, 0) is 57.4 Å². The summed E-state index contributed by atoms with van der Waals surface area (Å²) in [7, 11) is 1.03. The number of esters is 1. The standard InChI is InChI=1S/C26H31F3N2O7/c1-24(2,3)38-23(35)30-19(14-16-10-7-6-8-11-16)20(32)21(33)31-25(4,22(34)36-5)17-12-9-13-18(15-17)37-26(27,28)29/h6-13,15,19-20,32H,14H2,1-5H3,(H,30,35)(H,31,33)/t19-,20+,25-/m1/s1. The van der Waals surface area contributed by atoms with Gasteiger partial charge in [0.05, 0.1) is 13.2 Å². The van der Waals surface area contributed by atoms with Crippen LogP contribution >= 0.6 is 0 Å². The summed E-state index contributed by atoms with van der Waals surface area (Å²) in [5, 5.41) is 15.8. The molecule has 0 bridgehead atoms. The van der Waals surface area contributed by atoms with Gasteiger partial charge in [0, 0.05) is 0 Å². The van der Waals surface area contributed by atoms with Crippen LogP contribution in [0.25, 0.3) is 0 Å². The van der Waals surface area contributed by atoms with Crippen molar-refractivity contribution in [1.29, 1.82) is 0 Å². The largest absolute Gasteiger partial charge is 0.573 e. The smallest absolute Gasteiger partial charge is 0.467 e. The molecule has 3 N–H and O–H groups in total. The van der Waals surface area contributed by atoms with Crippen LogP contribution in [0.2, 0.25) is 0 Å². The third kappa shape index (κ3) is 8.94. The van der Waals surface area contributed by atoms with Crippen LogP contribution in [-0.2, 0) is 31.0 Å². The van der Waals surface area contributed by atoms with Crippen molar-refractivity contribution in [2.24, 2.45) is 0 Å². The maximum Gasteiger partial charge on any atom is 0.573 e. The van der Waals surface area contributed by atoms with Gasteiger partial charge < -0.3 is 30.0 Å². The molecule has 3 atom stereocenters. The normalized spacial score (nSPS) is 14.9. The van der Waals surface area contributed by atoms with Crippen molar-refractivity contribution in [2.45, 2.75) is 63.8 Å². The summed E-state index contributed by atoms with van der Waals surface area (Å²) in [4.78, 5) is 38.3. The first kappa shape index (κ1) is 30.4. The number of carbonyl (C=O) groups excluding carboxylic acids is 3. The molecule has 2 amide bonds. The minimum atomic E-state index is -4.99. The molecule has 2 rings (SSSR count). The molecule has 208 valence electrons. The lowest BCUT2D eigenvalue weighted by molar-refractivity contribution is -0.274. The molecule has 38 heavy (non-hydrogen) atoms. The molecule has 0 aliphatic heterocycles. The average molecular weight is 541 g/mol. The highest BCUT2D eigenvalue weighted by atomic mass is 19.4. The van der Waals surface area contributed by atoms with Gasteiger partial charge in [-0.1, -0.05) is 42.5 Å². The number of amides is 2. The number of nitrogens with one attached hydrogen (secondary N) is 2. The molecule has 0 heterocycles. The lowest BCUT2D eigenvalue weighted by atomic mass is 9.90. The number of rotatable bonds is 9. The molecule has 0 aliphatic rings. The van der Waals surface area contributed by atoms with E-state index < -0.39 is 53.4 Å². The summed E-state index contributed by atoms with van der Waals surface area (Å²) < 4.78 is 52.1. The zero-order valence-corrected chi connectivity index (χ0v) is 21.6. The van der Waals surface area contributed by atoms with E-state index in [1.165, 1.54) is 19.1 Å². The zero-order valence-electron chi connectivity index (χ0n) is 21.6. The van der Waals surface area contributed by atoms with Crippen LogP contribution in [0, 0.1) is 0 Å². The first-order valence-electron chi connectivity index (χ1n) is 11.5. The van der Waals surface area contributed by atoms with Crippen molar-refractivity contribution in [2.75, 3.05) is 7.11 Å². The average Bonchev–Trinajstić information content (AvgIpc) is 2.81. The van der Waals surface area contributed by atoms with Crippen molar-refractivity contribution in [1.82, 2.24) is 10.6 Å². The molecule has 0 aliphatic carbocycles. The van der Waals surface area contributed by atoms with Crippen LogP contribution in [0.4, 0.5) is 18.0 Å². The Balaban J connectivity index is 2.36. The van der Waals surface area contributed by atoms with Crippen molar-refractivity contribution in [3.63, 3.8) is 0 Å². The van der Waals surface area contributed by atoms with Crippen LogP contribution in [0.3, 0.4) is 0 Å². The third-order valence-corrected chi connectivity index (χ3v) is 5.26. The monoisotopic (exact) mass is 540 g/mol. The number of aliphatic hydroxyl groups is 1. The molecule has 0 saturated carbocycles. The van der Waals surface area contributed by atoms with E-state index in [1.54, 1.807) is 51.1 Å². The topological polar surface area (TPSA) is 123 Å². The fourth-order valence-corrected chi connectivity index (χ4v) is 3.52. The molecular weight excluding hydrogens is 509 g/mol. The first-order chi connectivity index (χ1) is 17.5. The van der Waals surface area contributed by atoms with E-state index in [0.29, 0.717) is 5.56 Å². The predicted molar refractivity (Wildman–Crippen MR) is 130 cm³/mol. The molecule has 0 fully saturated rings. The molecule has 2 aromatic rings. The number of alkyl halides is 3. The Bertz CT molecular complexity index is 1120. The van der Waals surface area contributed by atoms with Gasteiger partial charge in [-0.2, -0.15) is 0 Å². The molecule has 0 unspecified atom stereocenters. The van der Waals surface area contributed by atoms with Gasteiger partial charge >= 0.3 is 18.4 Å². The molecule has 0 aromatic heterocycles. The Kier molecular flexibility index (Phi) is 9.74. The fraction of sp³-hybridized carbons (Fsp3) is 0.423. The summed E-state index contributed by atoms with van der Waals surface area (Å²) >= 11 is 0. The summed E-state index contributed by atoms with van der Waals surface area (Å²) in [6, 6.07) is 11.9. The van der Waals surface area contributed by atoms with Crippen LogP contribution in [0.1, 0.15) is 38.8 Å². The molecule has 0 saturated heterocycles. The number of hydrogen-bond acceptors (Lipinski definition) is 7. The Morgan fingerprint density at radius 1 is 0.974 bits per heavy atom. The Labute approximate surface area is 218 Å². The summed E-state index contributed by atoms with van der Waals surface area (Å²) in [6.07, 6.45) is -7.77. The second kappa shape index (κ2) is 12.2. The number of hydrogen-bond donors (Lipinski definition) is 3. The lowest BCUT2D eigenvalue weighted by Gasteiger charge is -2.32. The SMILES string of the molecule is COC(=O)[C@](C)(NC(=O)[C@@H](O)[C@@H](Cc1ccccc1)NC(=O)OC(C)(C)C)c1cccc(OC(F)(F)F)c1. The number of aliphatic hydroxyl groups excluding tert-OH is 1. The van der Waals surface area contributed by atoms with E-state index >= 15 is 0 Å². The molecule has 0 radical (unpaired) electrons. The van der Waals surface area contributed by atoms with E-state index in [9.17, 15) is 32.7 Å². The number of halogens is 3. The third-order valence-electron chi connectivity index (χ3n) is 5.26. The highest BCUT2D eigenvalue weighted by molar-refractivity contribution is 5.91. The fourth-order valence-electron chi connectivity index (χ4n) is 3.52. The molecule has 9 nitrogen and oxygen atoms in total. The van der Waals surface area contributed by atoms with Gasteiger partial charge in [-0.3, -0.25) is 4.79 Å². The minimum absolute atomic E-state index is 0.0124. The second-order valence-electron chi connectivity index (χ2n) is 9.57. The maximum absolute atomic E-state index is 13.2. The van der Waals surface area contributed by atoms with Crippen molar-refractivity contribution in [3.05, 3.63) is 65.7 Å². The van der Waals surface area contributed by atoms with Gasteiger partial charge in [0.15, 0.2) is 11.6 Å². The predicted octanol–water partition coefficient (Wildman–Crippen LogP) is 3.59. The first-order valence-corrected chi connectivity index (χ1v) is 11.5. The number of alkyl carbamates (subject to hydrolysis) is 1. The van der Waals surface area contributed by atoms with Crippen LogP contribution in [0.15, 0.2) is 54.6 Å². The van der Waals surface area contributed by atoms with Gasteiger partial charge in [0.1, 0.15) is 11.4 Å². The van der Waals surface area contributed by atoms with E-state index in [4.69, 9.17) is 9.47 Å². The lowest BCUT2D eigenvalue weighted by Crippen LogP contribution is -2.58. The van der Waals surface area contributed by atoms with Crippen molar-refractivity contribution < 1.29 is 46.9 Å². The van der Waals surface area contributed by atoms with Crippen LogP contribution < -0.4 is 15.4 Å². The number of methoxy groups -OCH3 is 1. The van der Waals surface area contributed by atoms with E-state index in [0.717, 1.165) is 19.2 Å². The summed E-state index contributed by atoms with van der Waals surface area (Å²) in [5.41, 5.74) is -2.32. The Morgan fingerprint density at radius 2 is 1.61 bits per heavy atom. The molecular formula is C26H31F3N2O7. The maximum atomic E-state index is 13.2. The highest BCUT2D eigenvalue weighted by Crippen LogP contribution is 2.29. The number of benzene rings is 2. The Hall–Kier alpha value is -3.80. The quantitative estimate of drug-likeness (QED) is 0.416. The van der Waals surface area contributed by atoms with Gasteiger partial charge in [0.25, 0.3) is 5.91 Å². The number of carbonyl (C=O) groups is 3. The second-order valence-corrected chi connectivity index (χ2v) is 9.57. The molecule has 2 aromatic carbocycles. The summed E-state index contributed by atoms with van der Waals surface area (Å²) in [5.74, 6) is -2.76. The van der Waals surface area contributed by atoms with E-state index in [-0.39, 0.29) is 12.0 Å². The van der Waals surface area contributed by atoms with Crippen molar-refractivity contribution >= 4 is 18.0 Å². The van der Waals surface area contributed by atoms with Gasteiger partial charge in [0.2, 0.25) is 0 Å². The van der Waals surface area contributed by atoms with Crippen molar-refractivity contribution in [3.8, 4) is 5.75 Å². The van der Waals surface area contributed by atoms with E-state index in [2.05, 4.69) is 15.4 Å². The van der Waals surface area contributed by atoms with Gasteiger partial charge in [-0.25, -0.2) is 9.59 Å². The molecule has 12 heteroatoms. The van der Waals surface area contributed by atoms with Crippen LogP contribution in [-0.4, -0.2) is 54.3 Å². The van der Waals surface area contributed by atoms with Crippen LogP contribution in [0.5, 0.6) is 5.75 Å². The van der Waals surface area contributed by atoms with E-state index in [1.807, 2.05) is 0 Å². The number of ether oxygens (including phenoxy) is 3. The zero-order chi connectivity index (χ0) is 28.7. The minimum Gasteiger partial charge on any atom is -0.467 e. The molecule has 0 spiro atoms. The summed E-state index contributed by atoms with van der Waals surface area (Å²) in [6.45, 7) is 6.12.